The molecule has 1 fully saturated rings. The van der Waals surface area contributed by atoms with E-state index in [1.165, 1.54) is 25.7 Å². The Morgan fingerprint density at radius 2 is 2.21 bits per heavy atom. The second-order valence-corrected chi connectivity index (χ2v) is 4.63. The van der Waals surface area contributed by atoms with E-state index < -0.39 is 5.60 Å². The second kappa shape index (κ2) is 5.41. The molecule has 1 nitrogen and oxygen atoms in total. The van der Waals surface area contributed by atoms with Crippen LogP contribution in [-0.2, 0) is 0 Å². The highest BCUT2D eigenvalue weighted by Gasteiger charge is 2.29. The Kier molecular flexibility index (Phi) is 4.48. The lowest BCUT2D eigenvalue weighted by molar-refractivity contribution is 0.0168. The van der Waals surface area contributed by atoms with Crippen molar-refractivity contribution in [2.24, 2.45) is 5.92 Å². The lowest BCUT2D eigenvalue weighted by atomic mass is 9.89. The Morgan fingerprint density at radius 1 is 1.43 bits per heavy atom. The predicted molar refractivity (Wildman–Crippen MR) is 59.9 cm³/mol. The summed E-state index contributed by atoms with van der Waals surface area (Å²) in [5.74, 6) is 3.45. The molecule has 2 atom stereocenters. The van der Waals surface area contributed by atoms with E-state index in [-0.39, 0.29) is 0 Å². The van der Waals surface area contributed by atoms with Gasteiger partial charge in [-0.3, -0.25) is 0 Å². The van der Waals surface area contributed by atoms with Crippen molar-refractivity contribution in [3.05, 3.63) is 0 Å². The van der Waals surface area contributed by atoms with Gasteiger partial charge in [0.2, 0.25) is 0 Å². The third-order valence-corrected chi connectivity index (χ3v) is 3.58. The molecule has 0 heterocycles. The zero-order valence-corrected chi connectivity index (χ0v) is 9.26. The summed E-state index contributed by atoms with van der Waals surface area (Å²) >= 11 is 0. The average molecular weight is 194 g/mol. The van der Waals surface area contributed by atoms with E-state index in [1.807, 2.05) is 0 Å². The average Bonchev–Trinajstić information content (AvgIpc) is 2.38. The molecule has 0 aromatic carbocycles. The molecule has 1 heteroatoms. The first-order valence-corrected chi connectivity index (χ1v) is 5.86. The van der Waals surface area contributed by atoms with E-state index >= 15 is 0 Å². The molecule has 0 spiro atoms. The lowest BCUT2D eigenvalue weighted by Gasteiger charge is -2.25. The first-order chi connectivity index (χ1) is 6.70. The van der Waals surface area contributed by atoms with Gasteiger partial charge >= 0.3 is 0 Å². The van der Waals surface area contributed by atoms with E-state index in [1.54, 1.807) is 0 Å². The SMILES string of the molecule is C#CCCC1(O)CCCC(CC)CC1. The van der Waals surface area contributed by atoms with Crippen molar-refractivity contribution in [2.45, 2.75) is 63.9 Å². The number of hydrogen-bond acceptors (Lipinski definition) is 1. The van der Waals surface area contributed by atoms with Gasteiger partial charge in [0, 0.05) is 6.42 Å². The molecule has 1 rings (SSSR count). The Labute approximate surface area is 87.9 Å². The third kappa shape index (κ3) is 3.35. The number of rotatable bonds is 3. The summed E-state index contributed by atoms with van der Waals surface area (Å²) in [6, 6.07) is 0. The minimum absolute atomic E-state index is 0.448. The van der Waals surface area contributed by atoms with Crippen molar-refractivity contribution in [3.8, 4) is 12.3 Å². The summed E-state index contributed by atoms with van der Waals surface area (Å²) in [7, 11) is 0. The number of aliphatic hydroxyl groups is 1. The number of terminal acetylenes is 1. The van der Waals surface area contributed by atoms with Crippen LogP contribution < -0.4 is 0 Å². The minimum atomic E-state index is -0.448. The molecule has 0 amide bonds. The Hall–Kier alpha value is -0.480. The predicted octanol–water partition coefficient (Wildman–Crippen LogP) is 3.12. The van der Waals surface area contributed by atoms with Crippen molar-refractivity contribution in [1.82, 2.24) is 0 Å². The summed E-state index contributed by atoms with van der Waals surface area (Å²) in [4.78, 5) is 0. The van der Waals surface area contributed by atoms with Crippen LogP contribution in [0.3, 0.4) is 0 Å². The monoisotopic (exact) mass is 194 g/mol. The Balaban J connectivity index is 2.43. The molecule has 0 saturated heterocycles. The van der Waals surface area contributed by atoms with Crippen LogP contribution in [0.1, 0.15) is 58.3 Å². The molecule has 0 radical (unpaired) electrons. The van der Waals surface area contributed by atoms with Crippen LogP contribution in [0.2, 0.25) is 0 Å². The topological polar surface area (TPSA) is 20.2 Å². The third-order valence-electron chi connectivity index (χ3n) is 3.58. The minimum Gasteiger partial charge on any atom is -0.390 e. The van der Waals surface area contributed by atoms with Gasteiger partial charge in [-0.1, -0.05) is 26.2 Å². The van der Waals surface area contributed by atoms with Crippen LogP contribution in [-0.4, -0.2) is 10.7 Å². The molecule has 1 aliphatic rings. The molecule has 0 aromatic rings. The van der Waals surface area contributed by atoms with Crippen LogP contribution in [0.25, 0.3) is 0 Å². The van der Waals surface area contributed by atoms with E-state index in [0.717, 1.165) is 25.2 Å². The van der Waals surface area contributed by atoms with Gasteiger partial charge < -0.3 is 5.11 Å². The van der Waals surface area contributed by atoms with Gasteiger partial charge in [-0.15, -0.1) is 12.3 Å². The van der Waals surface area contributed by atoms with E-state index in [9.17, 15) is 5.11 Å². The molecule has 0 bridgehead atoms. The van der Waals surface area contributed by atoms with Crippen LogP contribution in [0.15, 0.2) is 0 Å². The van der Waals surface area contributed by atoms with Crippen LogP contribution in [0.5, 0.6) is 0 Å². The number of hydrogen-bond donors (Lipinski definition) is 1. The van der Waals surface area contributed by atoms with Gasteiger partial charge in [0.25, 0.3) is 0 Å². The van der Waals surface area contributed by atoms with E-state index in [2.05, 4.69) is 12.8 Å². The fourth-order valence-electron chi connectivity index (χ4n) is 2.43. The molecular weight excluding hydrogens is 172 g/mol. The summed E-state index contributed by atoms with van der Waals surface area (Å²) < 4.78 is 0. The molecule has 1 N–H and O–H groups in total. The van der Waals surface area contributed by atoms with Gasteiger partial charge in [-0.25, -0.2) is 0 Å². The molecular formula is C13H22O. The van der Waals surface area contributed by atoms with Crippen molar-refractivity contribution in [3.63, 3.8) is 0 Å². The summed E-state index contributed by atoms with van der Waals surface area (Å²) in [5, 5.41) is 10.3. The largest absolute Gasteiger partial charge is 0.390 e. The fraction of sp³-hybridized carbons (Fsp3) is 0.846. The normalized spacial score (nSPS) is 33.4. The lowest BCUT2D eigenvalue weighted by Crippen LogP contribution is -2.27. The quantitative estimate of drug-likeness (QED) is 0.540. The summed E-state index contributed by atoms with van der Waals surface area (Å²) in [6.45, 7) is 2.25. The van der Waals surface area contributed by atoms with Crippen LogP contribution >= 0.6 is 0 Å². The standard InChI is InChI=1S/C13H22O/c1-3-5-9-13(14)10-6-7-12(4-2)8-11-13/h1,12,14H,4-11H2,2H3. The smallest absolute Gasteiger partial charge is 0.0657 e. The molecule has 0 aromatic heterocycles. The second-order valence-electron chi connectivity index (χ2n) is 4.63. The first kappa shape index (κ1) is 11.6. The zero-order chi connectivity index (χ0) is 10.4. The van der Waals surface area contributed by atoms with E-state index in [0.29, 0.717) is 6.42 Å². The van der Waals surface area contributed by atoms with Gasteiger partial charge in [0.05, 0.1) is 5.60 Å². The highest BCUT2D eigenvalue weighted by Crippen LogP contribution is 2.34. The molecule has 1 aliphatic carbocycles. The van der Waals surface area contributed by atoms with Crippen LogP contribution in [0.4, 0.5) is 0 Å². The van der Waals surface area contributed by atoms with Gasteiger partial charge in [0.15, 0.2) is 0 Å². The van der Waals surface area contributed by atoms with Crippen LogP contribution in [0, 0.1) is 18.3 Å². The van der Waals surface area contributed by atoms with E-state index in [4.69, 9.17) is 6.42 Å². The maximum Gasteiger partial charge on any atom is 0.0657 e. The molecule has 2 unspecified atom stereocenters. The molecule has 14 heavy (non-hydrogen) atoms. The van der Waals surface area contributed by atoms with Crippen molar-refractivity contribution in [1.29, 1.82) is 0 Å². The molecule has 0 aliphatic heterocycles. The summed E-state index contributed by atoms with van der Waals surface area (Å²) in [5.41, 5.74) is -0.448. The molecule has 80 valence electrons. The Bertz CT molecular complexity index is 204. The van der Waals surface area contributed by atoms with Crippen molar-refractivity contribution >= 4 is 0 Å². The van der Waals surface area contributed by atoms with Crippen molar-refractivity contribution < 1.29 is 5.11 Å². The van der Waals surface area contributed by atoms with Gasteiger partial charge in [-0.05, 0) is 31.6 Å². The van der Waals surface area contributed by atoms with Crippen molar-refractivity contribution in [2.75, 3.05) is 0 Å². The molecule has 1 saturated carbocycles. The first-order valence-electron chi connectivity index (χ1n) is 5.86. The zero-order valence-electron chi connectivity index (χ0n) is 9.26. The Morgan fingerprint density at radius 3 is 2.86 bits per heavy atom. The summed E-state index contributed by atoms with van der Waals surface area (Å²) in [6.07, 6.45) is 13.5. The van der Waals surface area contributed by atoms with Gasteiger partial charge in [-0.2, -0.15) is 0 Å². The fourth-order valence-corrected chi connectivity index (χ4v) is 2.43. The maximum absolute atomic E-state index is 10.3. The maximum atomic E-state index is 10.3. The highest BCUT2D eigenvalue weighted by atomic mass is 16.3. The highest BCUT2D eigenvalue weighted by molar-refractivity contribution is 4.90. The van der Waals surface area contributed by atoms with Gasteiger partial charge in [0.1, 0.15) is 0 Å².